The minimum absolute atomic E-state index is 0.568. The Hall–Kier alpha value is -1.53. The van der Waals surface area contributed by atoms with Gasteiger partial charge < -0.3 is 10.2 Å². The molecule has 0 bridgehead atoms. The van der Waals surface area contributed by atoms with Crippen LogP contribution in [0.2, 0.25) is 0 Å². The van der Waals surface area contributed by atoms with Gasteiger partial charge >= 0.3 is 0 Å². The first-order valence-electron chi connectivity index (χ1n) is 5.99. The molecule has 3 heteroatoms. The highest BCUT2D eigenvalue weighted by atomic mass is 15.1. The second-order valence-electron chi connectivity index (χ2n) is 4.64. The smallest absolute Gasteiger partial charge is 0.0991 e. The van der Waals surface area contributed by atoms with Gasteiger partial charge in [0.1, 0.15) is 0 Å². The Kier molecular flexibility index (Phi) is 4.99. The molecule has 92 valence electrons. The van der Waals surface area contributed by atoms with Crippen molar-refractivity contribution in [1.29, 1.82) is 5.26 Å². The van der Waals surface area contributed by atoms with Crippen LogP contribution < -0.4 is 5.32 Å². The lowest BCUT2D eigenvalue weighted by Gasteiger charge is -2.21. The van der Waals surface area contributed by atoms with Gasteiger partial charge in [-0.15, -0.1) is 0 Å². The van der Waals surface area contributed by atoms with Gasteiger partial charge in [-0.1, -0.05) is 0 Å². The Labute approximate surface area is 104 Å². The molecule has 3 nitrogen and oxygen atoms in total. The number of nitrogens with zero attached hydrogens (tertiary/aromatic N) is 2. The fraction of sp³-hybridized carbons (Fsp3) is 0.500. The molecule has 1 aromatic carbocycles. The summed E-state index contributed by atoms with van der Waals surface area (Å²) in [6, 6.07) is 8.45. The fourth-order valence-corrected chi connectivity index (χ4v) is 1.56. The normalized spacial score (nSPS) is 10.6. The summed E-state index contributed by atoms with van der Waals surface area (Å²) < 4.78 is 0. The van der Waals surface area contributed by atoms with Crippen LogP contribution in [0, 0.1) is 18.3 Å². The minimum atomic E-state index is 0.568. The van der Waals surface area contributed by atoms with E-state index in [1.807, 2.05) is 25.1 Å². The number of nitrogens with one attached hydrogen (secondary N) is 1. The maximum absolute atomic E-state index is 8.79. The van der Waals surface area contributed by atoms with Gasteiger partial charge in [-0.3, -0.25) is 0 Å². The van der Waals surface area contributed by atoms with Crippen molar-refractivity contribution in [2.24, 2.45) is 0 Å². The third-order valence-electron chi connectivity index (χ3n) is 3.02. The van der Waals surface area contributed by atoms with E-state index in [4.69, 9.17) is 5.26 Å². The molecule has 1 N–H and O–H groups in total. The van der Waals surface area contributed by atoms with Crippen LogP contribution in [0.5, 0.6) is 0 Å². The highest BCUT2D eigenvalue weighted by molar-refractivity contribution is 5.54. The zero-order valence-corrected chi connectivity index (χ0v) is 11.1. The Balaban J connectivity index is 2.50. The molecule has 17 heavy (non-hydrogen) atoms. The largest absolute Gasteiger partial charge is 0.384 e. The number of nitriles is 1. The average molecular weight is 231 g/mol. The van der Waals surface area contributed by atoms with Crippen LogP contribution in [0.15, 0.2) is 18.2 Å². The van der Waals surface area contributed by atoms with E-state index in [0.29, 0.717) is 11.6 Å². The molecule has 0 radical (unpaired) electrons. The maximum atomic E-state index is 8.79. The average Bonchev–Trinajstić information content (AvgIpc) is 2.30. The van der Waals surface area contributed by atoms with E-state index in [9.17, 15) is 0 Å². The predicted octanol–water partition coefficient (Wildman–Crippen LogP) is 2.62. The number of hydrogen-bond acceptors (Lipinski definition) is 3. The van der Waals surface area contributed by atoms with E-state index in [-0.39, 0.29) is 0 Å². The molecule has 0 aliphatic rings. The number of likely N-dealkylation sites (N-methyl/N-ethyl adjacent to an activating group) is 1. The van der Waals surface area contributed by atoms with Crippen LogP contribution in [0.3, 0.4) is 0 Å². The maximum Gasteiger partial charge on any atom is 0.0991 e. The summed E-state index contributed by atoms with van der Waals surface area (Å²) in [5.41, 5.74) is 2.95. The topological polar surface area (TPSA) is 39.1 Å². The quantitative estimate of drug-likeness (QED) is 0.846. The van der Waals surface area contributed by atoms with Crippen LogP contribution in [-0.4, -0.2) is 31.1 Å². The lowest BCUT2D eigenvalue weighted by Crippen LogP contribution is -2.31. The molecule has 0 fully saturated rings. The first-order chi connectivity index (χ1) is 8.04. The van der Waals surface area contributed by atoms with Gasteiger partial charge in [0.25, 0.3) is 0 Å². The summed E-state index contributed by atoms with van der Waals surface area (Å²) in [4.78, 5) is 2.30. The van der Waals surface area contributed by atoms with Crippen molar-refractivity contribution in [3.05, 3.63) is 29.3 Å². The summed E-state index contributed by atoms with van der Waals surface area (Å²) in [5.74, 6) is 0. The molecule has 0 saturated carbocycles. The molecule has 0 spiro atoms. The van der Waals surface area contributed by atoms with E-state index in [0.717, 1.165) is 24.3 Å². The van der Waals surface area contributed by atoms with E-state index < -0.39 is 0 Å². The minimum Gasteiger partial charge on any atom is -0.384 e. The Morgan fingerprint density at radius 3 is 2.65 bits per heavy atom. The number of hydrogen-bond donors (Lipinski definition) is 1. The molecule has 0 unspecified atom stereocenters. The highest BCUT2D eigenvalue weighted by Gasteiger charge is 2.03. The number of aryl methyl sites for hydroxylation is 1. The summed E-state index contributed by atoms with van der Waals surface area (Å²) in [5, 5.41) is 12.2. The van der Waals surface area contributed by atoms with Crippen molar-refractivity contribution in [3.8, 4) is 6.07 Å². The van der Waals surface area contributed by atoms with Crippen molar-refractivity contribution >= 4 is 5.69 Å². The van der Waals surface area contributed by atoms with Gasteiger partial charge in [0.2, 0.25) is 0 Å². The van der Waals surface area contributed by atoms with Gasteiger partial charge in [0.05, 0.1) is 11.6 Å². The molecule has 1 rings (SSSR count). The lowest BCUT2D eigenvalue weighted by atomic mass is 10.1. The predicted molar refractivity (Wildman–Crippen MR) is 72.1 cm³/mol. The van der Waals surface area contributed by atoms with E-state index in [1.54, 1.807) is 0 Å². The Morgan fingerprint density at radius 1 is 1.41 bits per heavy atom. The monoisotopic (exact) mass is 231 g/mol. The van der Waals surface area contributed by atoms with Crippen LogP contribution in [-0.2, 0) is 0 Å². The van der Waals surface area contributed by atoms with Crippen LogP contribution in [0.25, 0.3) is 0 Å². The van der Waals surface area contributed by atoms with Gasteiger partial charge in [0, 0.05) is 24.8 Å². The van der Waals surface area contributed by atoms with Crippen molar-refractivity contribution in [1.82, 2.24) is 4.90 Å². The van der Waals surface area contributed by atoms with Crippen LogP contribution >= 0.6 is 0 Å². The molecule has 0 aliphatic heterocycles. The zero-order valence-electron chi connectivity index (χ0n) is 11.1. The first kappa shape index (κ1) is 13.5. The highest BCUT2D eigenvalue weighted by Crippen LogP contribution is 2.15. The molecule has 1 aromatic rings. The van der Waals surface area contributed by atoms with Crippen molar-refractivity contribution in [3.63, 3.8) is 0 Å². The Morgan fingerprint density at radius 2 is 2.12 bits per heavy atom. The SMILES string of the molecule is Cc1cc(C#N)ccc1NCCN(C)C(C)C. The zero-order chi connectivity index (χ0) is 12.8. The second kappa shape index (κ2) is 6.27. The van der Waals surface area contributed by atoms with Crippen molar-refractivity contribution in [2.45, 2.75) is 26.8 Å². The van der Waals surface area contributed by atoms with Gasteiger partial charge in [-0.2, -0.15) is 5.26 Å². The van der Waals surface area contributed by atoms with Crippen molar-refractivity contribution in [2.75, 3.05) is 25.5 Å². The van der Waals surface area contributed by atoms with Gasteiger partial charge in [-0.25, -0.2) is 0 Å². The van der Waals surface area contributed by atoms with Gasteiger partial charge in [0.15, 0.2) is 0 Å². The molecular weight excluding hydrogens is 210 g/mol. The Bertz CT molecular complexity index is 404. The molecule has 0 atom stereocenters. The first-order valence-corrected chi connectivity index (χ1v) is 5.99. The van der Waals surface area contributed by atoms with E-state index in [2.05, 4.69) is 37.2 Å². The number of benzene rings is 1. The standard InChI is InChI=1S/C14H21N3/c1-11(2)17(4)8-7-16-14-6-5-13(10-15)9-12(14)3/h5-6,9,11,16H,7-8H2,1-4H3. The molecule has 0 aliphatic carbocycles. The van der Waals surface area contributed by atoms with Crippen molar-refractivity contribution < 1.29 is 0 Å². The summed E-state index contributed by atoms with van der Waals surface area (Å²) in [6.07, 6.45) is 0. The van der Waals surface area contributed by atoms with Crippen LogP contribution in [0.4, 0.5) is 5.69 Å². The molecule has 0 amide bonds. The number of anilines is 1. The molecule has 0 aromatic heterocycles. The summed E-state index contributed by atoms with van der Waals surface area (Å²) in [6.45, 7) is 8.33. The molecular formula is C14H21N3. The van der Waals surface area contributed by atoms with E-state index in [1.165, 1.54) is 0 Å². The lowest BCUT2D eigenvalue weighted by molar-refractivity contribution is 0.284. The molecule has 0 heterocycles. The summed E-state index contributed by atoms with van der Waals surface area (Å²) >= 11 is 0. The van der Waals surface area contributed by atoms with E-state index >= 15 is 0 Å². The van der Waals surface area contributed by atoms with Crippen LogP contribution in [0.1, 0.15) is 25.0 Å². The third kappa shape index (κ3) is 4.08. The third-order valence-corrected chi connectivity index (χ3v) is 3.02. The summed E-state index contributed by atoms with van der Waals surface area (Å²) in [7, 11) is 2.12. The fourth-order valence-electron chi connectivity index (χ4n) is 1.56. The second-order valence-corrected chi connectivity index (χ2v) is 4.64. The van der Waals surface area contributed by atoms with Gasteiger partial charge in [-0.05, 0) is 51.6 Å². The molecule has 0 saturated heterocycles. The number of rotatable bonds is 5.